The topological polar surface area (TPSA) is 20.3 Å². The zero-order valence-electron chi connectivity index (χ0n) is 10.7. The van der Waals surface area contributed by atoms with Crippen LogP contribution in [0.15, 0.2) is 42.5 Å². The summed E-state index contributed by atoms with van der Waals surface area (Å²) in [5.41, 5.74) is 1.73. The largest absolute Gasteiger partial charge is 0.295 e. The van der Waals surface area contributed by atoms with E-state index in [0.717, 1.165) is 11.3 Å². The average molecular weight is 359 g/mol. The van der Waals surface area contributed by atoms with E-state index in [1.54, 1.807) is 34.9 Å². The molecule has 1 saturated heterocycles. The Balaban J connectivity index is 2.01. The zero-order chi connectivity index (χ0) is 15.0. The second kappa shape index (κ2) is 6.09. The van der Waals surface area contributed by atoms with Gasteiger partial charge < -0.3 is 0 Å². The van der Waals surface area contributed by atoms with Gasteiger partial charge in [0.1, 0.15) is 5.37 Å². The Morgan fingerprint density at radius 1 is 1.05 bits per heavy atom. The maximum absolute atomic E-state index is 12.2. The quantitative estimate of drug-likeness (QED) is 0.714. The summed E-state index contributed by atoms with van der Waals surface area (Å²) >= 11 is 19.6. The van der Waals surface area contributed by atoms with Crippen LogP contribution in [0.3, 0.4) is 0 Å². The van der Waals surface area contributed by atoms with Gasteiger partial charge in [-0.25, -0.2) is 0 Å². The Morgan fingerprint density at radius 3 is 2.57 bits per heavy atom. The molecule has 1 amide bonds. The monoisotopic (exact) mass is 357 g/mol. The Kier molecular flexibility index (Phi) is 4.36. The molecule has 0 spiro atoms. The highest BCUT2D eigenvalue weighted by Gasteiger charge is 2.34. The first-order valence-corrected chi connectivity index (χ1v) is 8.39. The normalized spacial score (nSPS) is 18.3. The number of hydrogen-bond acceptors (Lipinski definition) is 2. The van der Waals surface area contributed by atoms with E-state index in [1.165, 1.54) is 0 Å². The van der Waals surface area contributed by atoms with Gasteiger partial charge in [0.25, 0.3) is 0 Å². The number of nitrogens with zero attached hydrogens (tertiary/aromatic N) is 1. The lowest BCUT2D eigenvalue weighted by molar-refractivity contribution is -0.115. The van der Waals surface area contributed by atoms with E-state index >= 15 is 0 Å². The van der Waals surface area contributed by atoms with Crippen molar-refractivity contribution in [1.82, 2.24) is 0 Å². The summed E-state index contributed by atoms with van der Waals surface area (Å²) in [6, 6.07) is 12.8. The van der Waals surface area contributed by atoms with Crippen molar-refractivity contribution < 1.29 is 4.79 Å². The molecule has 0 aromatic heterocycles. The summed E-state index contributed by atoms with van der Waals surface area (Å²) in [6.45, 7) is 0. The fourth-order valence-electron chi connectivity index (χ4n) is 2.24. The number of carbonyl (C=O) groups is 1. The van der Waals surface area contributed by atoms with Gasteiger partial charge in [0, 0.05) is 10.7 Å². The number of anilines is 1. The van der Waals surface area contributed by atoms with Crippen LogP contribution in [0.4, 0.5) is 5.69 Å². The molecule has 0 radical (unpaired) electrons. The fourth-order valence-corrected chi connectivity index (χ4v) is 3.90. The van der Waals surface area contributed by atoms with E-state index in [-0.39, 0.29) is 11.3 Å². The molecular formula is C15H10Cl3NOS. The molecule has 21 heavy (non-hydrogen) atoms. The highest BCUT2D eigenvalue weighted by molar-refractivity contribution is 8.00. The van der Waals surface area contributed by atoms with Crippen molar-refractivity contribution >= 4 is 58.2 Å². The molecule has 0 bridgehead atoms. The predicted octanol–water partition coefficient (Wildman–Crippen LogP) is 5.43. The van der Waals surface area contributed by atoms with Crippen molar-refractivity contribution in [3.63, 3.8) is 0 Å². The first-order chi connectivity index (χ1) is 10.1. The van der Waals surface area contributed by atoms with Crippen molar-refractivity contribution in [2.75, 3.05) is 10.7 Å². The minimum atomic E-state index is -0.103. The molecule has 1 atom stereocenters. The fraction of sp³-hybridized carbons (Fsp3) is 0.133. The minimum Gasteiger partial charge on any atom is -0.295 e. The summed E-state index contributed by atoms with van der Waals surface area (Å²) in [7, 11) is 0. The van der Waals surface area contributed by atoms with Gasteiger partial charge >= 0.3 is 0 Å². The third kappa shape index (κ3) is 3.02. The van der Waals surface area contributed by atoms with Gasteiger partial charge in [-0.3, -0.25) is 9.69 Å². The van der Waals surface area contributed by atoms with Crippen LogP contribution in [0.5, 0.6) is 0 Å². The van der Waals surface area contributed by atoms with Crippen molar-refractivity contribution in [3.05, 3.63) is 63.1 Å². The van der Waals surface area contributed by atoms with Gasteiger partial charge in [0.05, 0.1) is 15.8 Å². The van der Waals surface area contributed by atoms with E-state index in [0.29, 0.717) is 20.8 Å². The van der Waals surface area contributed by atoms with Crippen molar-refractivity contribution in [3.8, 4) is 0 Å². The lowest BCUT2D eigenvalue weighted by Crippen LogP contribution is -2.27. The van der Waals surface area contributed by atoms with E-state index in [4.69, 9.17) is 34.8 Å². The van der Waals surface area contributed by atoms with Crippen molar-refractivity contribution in [1.29, 1.82) is 0 Å². The number of carbonyl (C=O) groups excluding carboxylic acids is 1. The van der Waals surface area contributed by atoms with Crippen LogP contribution in [-0.2, 0) is 4.79 Å². The van der Waals surface area contributed by atoms with Gasteiger partial charge in [0.15, 0.2) is 0 Å². The van der Waals surface area contributed by atoms with Crippen LogP contribution in [0, 0.1) is 0 Å². The van der Waals surface area contributed by atoms with Gasteiger partial charge in [-0.15, -0.1) is 11.8 Å². The molecule has 0 saturated carbocycles. The molecular weight excluding hydrogens is 349 g/mol. The lowest BCUT2D eigenvalue weighted by atomic mass is 10.2. The summed E-state index contributed by atoms with van der Waals surface area (Å²) in [6.07, 6.45) is 0. The van der Waals surface area contributed by atoms with Crippen LogP contribution in [0.1, 0.15) is 10.9 Å². The second-order valence-corrected chi connectivity index (χ2v) is 6.90. The number of thioether (sulfide) groups is 1. The molecule has 1 fully saturated rings. The maximum atomic E-state index is 12.2. The van der Waals surface area contributed by atoms with Crippen LogP contribution in [-0.4, -0.2) is 11.7 Å². The molecule has 2 aromatic carbocycles. The Labute approximate surface area is 142 Å². The third-order valence-electron chi connectivity index (χ3n) is 3.18. The molecule has 1 unspecified atom stereocenters. The molecule has 0 N–H and O–H groups in total. The lowest BCUT2D eigenvalue weighted by Gasteiger charge is -2.24. The van der Waals surface area contributed by atoms with Gasteiger partial charge in [-0.05, 0) is 35.9 Å². The maximum Gasteiger partial charge on any atom is 0.238 e. The molecule has 108 valence electrons. The SMILES string of the molecule is O=C1CSC(c2cccc(Cl)c2)N1c1ccc(Cl)c(Cl)c1. The molecule has 0 aliphatic carbocycles. The number of amides is 1. The smallest absolute Gasteiger partial charge is 0.238 e. The molecule has 1 aliphatic rings. The van der Waals surface area contributed by atoms with Gasteiger partial charge in [-0.2, -0.15) is 0 Å². The Hall–Kier alpha value is -0.870. The second-order valence-electron chi connectivity index (χ2n) is 4.58. The predicted molar refractivity (Wildman–Crippen MR) is 90.6 cm³/mol. The van der Waals surface area contributed by atoms with Crippen molar-refractivity contribution in [2.45, 2.75) is 5.37 Å². The van der Waals surface area contributed by atoms with E-state index in [2.05, 4.69) is 0 Å². The summed E-state index contributed by atoms with van der Waals surface area (Å²) in [4.78, 5) is 14.0. The summed E-state index contributed by atoms with van der Waals surface area (Å²) < 4.78 is 0. The van der Waals surface area contributed by atoms with Gasteiger partial charge in [0.2, 0.25) is 5.91 Å². The summed E-state index contributed by atoms with van der Waals surface area (Å²) in [5.74, 6) is 0.473. The first-order valence-electron chi connectivity index (χ1n) is 6.20. The molecule has 2 nitrogen and oxygen atoms in total. The molecule has 1 aliphatic heterocycles. The highest BCUT2D eigenvalue weighted by atomic mass is 35.5. The van der Waals surface area contributed by atoms with E-state index in [9.17, 15) is 4.79 Å². The minimum absolute atomic E-state index is 0.0448. The first kappa shape index (κ1) is 15.0. The number of hydrogen-bond donors (Lipinski definition) is 0. The molecule has 3 rings (SSSR count). The highest BCUT2D eigenvalue weighted by Crippen LogP contribution is 2.43. The Bertz CT molecular complexity index is 707. The van der Waals surface area contributed by atoms with E-state index < -0.39 is 0 Å². The summed E-state index contributed by atoms with van der Waals surface area (Å²) in [5, 5.41) is 1.46. The van der Waals surface area contributed by atoms with Gasteiger partial charge in [-0.1, -0.05) is 46.9 Å². The Morgan fingerprint density at radius 2 is 1.86 bits per heavy atom. The molecule has 6 heteroatoms. The molecule has 2 aromatic rings. The zero-order valence-corrected chi connectivity index (χ0v) is 13.8. The van der Waals surface area contributed by atoms with Crippen LogP contribution < -0.4 is 4.90 Å². The average Bonchev–Trinajstić information content (AvgIpc) is 2.84. The van der Waals surface area contributed by atoms with Crippen LogP contribution >= 0.6 is 46.6 Å². The number of rotatable bonds is 2. The third-order valence-corrected chi connectivity index (χ3v) is 5.37. The number of halogens is 3. The van der Waals surface area contributed by atoms with Crippen molar-refractivity contribution in [2.24, 2.45) is 0 Å². The van der Waals surface area contributed by atoms with E-state index in [1.807, 2.05) is 24.3 Å². The van der Waals surface area contributed by atoms with Crippen LogP contribution in [0.2, 0.25) is 15.1 Å². The number of benzene rings is 2. The molecule has 1 heterocycles. The van der Waals surface area contributed by atoms with Crippen LogP contribution in [0.25, 0.3) is 0 Å². The standard InChI is InChI=1S/C15H10Cl3NOS/c16-10-3-1-2-9(6-10)15-19(14(20)8-21-15)11-4-5-12(17)13(18)7-11/h1-7,15H,8H2.